The highest BCUT2D eigenvalue weighted by Crippen LogP contribution is 2.27. The number of benzene rings is 2. The Hall–Kier alpha value is -2.86. The van der Waals surface area contributed by atoms with E-state index in [0.29, 0.717) is 27.2 Å². The van der Waals surface area contributed by atoms with Crippen LogP contribution in [0.3, 0.4) is 0 Å². The molecule has 0 unspecified atom stereocenters. The SMILES string of the molecule is Cc1sc2nc(Cc3ccccc3F)n(Cc3cccc(F)c3)c(=O)c2c1C. The van der Waals surface area contributed by atoms with E-state index in [2.05, 4.69) is 0 Å². The van der Waals surface area contributed by atoms with E-state index in [0.717, 1.165) is 10.4 Å². The summed E-state index contributed by atoms with van der Waals surface area (Å²) in [6.45, 7) is 4.03. The molecule has 0 atom stereocenters. The van der Waals surface area contributed by atoms with Crippen molar-refractivity contribution in [2.45, 2.75) is 26.8 Å². The lowest BCUT2D eigenvalue weighted by Crippen LogP contribution is -2.26. The molecule has 142 valence electrons. The van der Waals surface area contributed by atoms with E-state index in [1.807, 2.05) is 13.8 Å². The third-order valence-electron chi connectivity index (χ3n) is 4.90. The van der Waals surface area contributed by atoms with E-state index < -0.39 is 0 Å². The number of nitrogens with zero attached hydrogens (tertiary/aromatic N) is 2. The third-order valence-corrected chi connectivity index (χ3v) is 6.01. The van der Waals surface area contributed by atoms with Crippen LogP contribution in [0.2, 0.25) is 0 Å². The molecule has 0 aliphatic rings. The number of aryl methyl sites for hydroxylation is 2. The van der Waals surface area contributed by atoms with Gasteiger partial charge in [-0.2, -0.15) is 0 Å². The smallest absolute Gasteiger partial charge is 0.262 e. The number of hydrogen-bond acceptors (Lipinski definition) is 3. The highest BCUT2D eigenvalue weighted by molar-refractivity contribution is 7.18. The van der Waals surface area contributed by atoms with Crippen molar-refractivity contribution in [2.75, 3.05) is 0 Å². The molecule has 4 aromatic rings. The molecular weight excluding hydrogens is 378 g/mol. The van der Waals surface area contributed by atoms with Crippen molar-refractivity contribution in [3.8, 4) is 0 Å². The Bertz CT molecular complexity index is 1240. The number of fused-ring (bicyclic) bond motifs is 1. The Labute approximate surface area is 164 Å². The number of aromatic nitrogens is 2. The van der Waals surface area contributed by atoms with Gasteiger partial charge in [-0.3, -0.25) is 9.36 Å². The standard InChI is InChI=1S/C22H18F2N2OS/c1-13-14(2)28-21-20(13)22(27)26(12-15-6-5-8-17(23)10-15)19(25-21)11-16-7-3-4-9-18(16)24/h3-10H,11-12H2,1-2H3. The van der Waals surface area contributed by atoms with Crippen molar-refractivity contribution in [1.29, 1.82) is 0 Å². The lowest BCUT2D eigenvalue weighted by Gasteiger charge is -2.13. The van der Waals surface area contributed by atoms with Gasteiger partial charge in [-0.25, -0.2) is 13.8 Å². The minimum Gasteiger partial charge on any atom is -0.291 e. The molecule has 0 N–H and O–H groups in total. The van der Waals surface area contributed by atoms with E-state index in [4.69, 9.17) is 4.98 Å². The molecule has 0 saturated carbocycles. The van der Waals surface area contributed by atoms with Crippen molar-refractivity contribution in [3.05, 3.63) is 97.9 Å². The summed E-state index contributed by atoms with van der Waals surface area (Å²) in [5, 5.41) is 0.580. The Kier molecular flexibility index (Phi) is 4.81. The molecule has 28 heavy (non-hydrogen) atoms. The van der Waals surface area contributed by atoms with Crippen LogP contribution < -0.4 is 5.56 Å². The van der Waals surface area contributed by atoms with Crippen LogP contribution in [0.25, 0.3) is 10.2 Å². The van der Waals surface area contributed by atoms with Gasteiger partial charge in [0.25, 0.3) is 5.56 Å². The van der Waals surface area contributed by atoms with E-state index in [1.54, 1.807) is 30.3 Å². The minimum absolute atomic E-state index is 0.178. The van der Waals surface area contributed by atoms with Crippen molar-refractivity contribution in [2.24, 2.45) is 0 Å². The summed E-state index contributed by atoms with van der Waals surface area (Å²) in [4.78, 5) is 19.7. The van der Waals surface area contributed by atoms with Crippen LogP contribution in [0.15, 0.2) is 53.3 Å². The van der Waals surface area contributed by atoms with Crippen molar-refractivity contribution >= 4 is 21.6 Å². The number of rotatable bonds is 4. The van der Waals surface area contributed by atoms with Gasteiger partial charge in [-0.05, 0) is 48.7 Å². The lowest BCUT2D eigenvalue weighted by atomic mass is 10.1. The second-order valence-electron chi connectivity index (χ2n) is 6.78. The molecule has 0 aliphatic heterocycles. The van der Waals surface area contributed by atoms with Crippen LogP contribution in [0, 0.1) is 25.5 Å². The average molecular weight is 396 g/mol. The maximum absolute atomic E-state index is 14.2. The van der Waals surface area contributed by atoms with Gasteiger partial charge in [0.2, 0.25) is 0 Å². The molecule has 0 bridgehead atoms. The zero-order valence-corrected chi connectivity index (χ0v) is 16.3. The molecule has 3 nitrogen and oxygen atoms in total. The fourth-order valence-corrected chi connectivity index (χ4v) is 4.34. The first-order chi connectivity index (χ1) is 13.4. The molecule has 0 fully saturated rings. The zero-order chi connectivity index (χ0) is 19.8. The summed E-state index contributed by atoms with van der Waals surface area (Å²) in [6.07, 6.45) is 0.184. The van der Waals surface area contributed by atoms with Crippen LogP contribution >= 0.6 is 11.3 Å². The molecule has 0 radical (unpaired) electrons. The highest BCUT2D eigenvalue weighted by atomic mass is 32.1. The van der Waals surface area contributed by atoms with Gasteiger partial charge >= 0.3 is 0 Å². The molecule has 2 aromatic heterocycles. The largest absolute Gasteiger partial charge is 0.291 e. The van der Waals surface area contributed by atoms with Crippen LogP contribution in [-0.2, 0) is 13.0 Å². The van der Waals surface area contributed by atoms with Gasteiger partial charge < -0.3 is 0 Å². The maximum atomic E-state index is 14.2. The Morgan fingerprint density at radius 3 is 2.61 bits per heavy atom. The zero-order valence-electron chi connectivity index (χ0n) is 15.5. The van der Waals surface area contributed by atoms with Gasteiger partial charge in [-0.1, -0.05) is 30.3 Å². The summed E-state index contributed by atoms with van der Waals surface area (Å²) in [7, 11) is 0. The maximum Gasteiger partial charge on any atom is 0.262 e. The van der Waals surface area contributed by atoms with E-state index in [-0.39, 0.29) is 30.2 Å². The normalized spacial score (nSPS) is 11.3. The van der Waals surface area contributed by atoms with Crippen LogP contribution in [0.5, 0.6) is 0 Å². The molecule has 0 amide bonds. The minimum atomic E-state index is -0.363. The number of thiophene rings is 1. The van der Waals surface area contributed by atoms with E-state index in [1.165, 1.54) is 34.1 Å². The predicted molar refractivity (Wildman–Crippen MR) is 108 cm³/mol. The van der Waals surface area contributed by atoms with Gasteiger partial charge in [0.15, 0.2) is 0 Å². The van der Waals surface area contributed by atoms with Crippen LogP contribution in [0.1, 0.15) is 27.4 Å². The van der Waals surface area contributed by atoms with Gasteiger partial charge in [0, 0.05) is 11.3 Å². The molecule has 0 saturated heterocycles. The second kappa shape index (κ2) is 7.28. The van der Waals surface area contributed by atoms with Gasteiger partial charge in [0.05, 0.1) is 11.9 Å². The van der Waals surface area contributed by atoms with Crippen LogP contribution in [-0.4, -0.2) is 9.55 Å². The predicted octanol–water partition coefficient (Wildman–Crippen LogP) is 4.99. The topological polar surface area (TPSA) is 34.9 Å². The van der Waals surface area contributed by atoms with E-state index in [9.17, 15) is 13.6 Å². The molecule has 0 aliphatic carbocycles. The summed E-state index contributed by atoms with van der Waals surface area (Å²) in [5.74, 6) is -0.237. The first-order valence-electron chi connectivity index (χ1n) is 8.91. The first-order valence-corrected chi connectivity index (χ1v) is 9.73. The lowest BCUT2D eigenvalue weighted by molar-refractivity contribution is 0.604. The van der Waals surface area contributed by atoms with Gasteiger partial charge in [-0.15, -0.1) is 11.3 Å². The number of halogens is 2. The Balaban J connectivity index is 1.91. The molecular formula is C22H18F2N2OS. The Morgan fingerprint density at radius 2 is 1.86 bits per heavy atom. The second-order valence-corrected chi connectivity index (χ2v) is 7.98. The molecule has 2 heterocycles. The molecule has 2 aromatic carbocycles. The fraction of sp³-hybridized carbons (Fsp3) is 0.182. The van der Waals surface area contributed by atoms with E-state index >= 15 is 0 Å². The molecule has 0 spiro atoms. The number of hydrogen-bond donors (Lipinski definition) is 0. The van der Waals surface area contributed by atoms with Crippen LogP contribution in [0.4, 0.5) is 8.78 Å². The summed E-state index contributed by atoms with van der Waals surface area (Å²) in [5.41, 5.74) is 1.85. The van der Waals surface area contributed by atoms with Crippen molar-refractivity contribution in [1.82, 2.24) is 9.55 Å². The third kappa shape index (κ3) is 3.36. The summed E-state index contributed by atoms with van der Waals surface area (Å²) < 4.78 is 29.4. The summed E-state index contributed by atoms with van der Waals surface area (Å²) in [6, 6.07) is 12.6. The highest BCUT2D eigenvalue weighted by Gasteiger charge is 2.18. The molecule has 6 heteroatoms. The van der Waals surface area contributed by atoms with Gasteiger partial charge in [0.1, 0.15) is 22.3 Å². The first kappa shape index (κ1) is 18.5. The average Bonchev–Trinajstić information content (AvgIpc) is 2.94. The van der Waals surface area contributed by atoms with Crippen molar-refractivity contribution in [3.63, 3.8) is 0 Å². The monoisotopic (exact) mass is 396 g/mol. The molecule has 4 rings (SSSR count). The fourth-order valence-electron chi connectivity index (χ4n) is 3.30. The quantitative estimate of drug-likeness (QED) is 0.487. The van der Waals surface area contributed by atoms with Crippen molar-refractivity contribution < 1.29 is 8.78 Å². The Morgan fingerprint density at radius 1 is 1.07 bits per heavy atom. The summed E-state index contributed by atoms with van der Waals surface area (Å²) >= 11 is 1.46.